The number of hydrogen-bond acceptors (Lipinski definition) is 3. The van der Waals surface area contributed by atoms with E-state index in [1.165, 1.54) is 0 Å². The highest BCUT2D eigenvalue weighted by Crippen LogP contribution is 2.23. The number of amides is 1. The van der Waals surface area contributed by atoms with Crippen LogP contribution in [0.25, 0.3) is 0 Å². The van der Waals surface area contributed by atoms with Gasteiger partial charge in [0.1, 0.15) is 0 Å². The van der Waals surface area contributed by atoms with Gasteiger partial charge in [-0.25, -0.2) is 10.0 Å². The number of para-hydroxylation sites is 1. The number of anilines is 1. The van der Waals surface area contributed by atoms with Gasteiger partial charge in [0.05, 0.1) is 5.69 Å². The number of benzene rings is 1. The van der Waals surface area contributed by atoms with E-state index in [0.717, 1.165) is 12.2 Å². The number of hydrogen-bond donors (Lipinski definition) is 1. The van der Waals surface area contributed by atoms with Gasteiger partial charge >= 0.3 is 0 Å². The van der Waals surface area contributed by atoms with E-state index >= 15 is 0 Å². The quantitative estimate of drug-likeness (QED) is 0.858. The van der Waals surface area contributed by atoms with Gasteiger partial charge in [0.2, 0.25) is 5.91 Å². The van der Waals surface area contributed by atoms with Crippen LogP contribution in [-0.4, -0.2) is 29.5 Å². The van der Waals surface area contributed by atoms with Crippen LogP contribution in [0.3, 0.4) is 0 Å². The molecule has 2 N–H and O–H groups in total. The van der Waals surface area contributed by atoms with Crippen LogP contribution in [-0.2, 0) is 4.79 Å². The van der Waals surface area contributed by atoms with E-state index in [-0.39, 0.29) is 11.4 Å². The summed E-state index contributed by atoms with van der Waals surface area (Å²) in [5.41, 5.74) is 6.63. The molecule has 1 aliphatic heterocycles. The third-order valence-corrected chi connectivity index (χ3v) is 2.69. The molecule has 0 spiro atoms. The molecule has 1 heterocycles. The van der Waals surface area contributed by atoms with Crippen LogP contribution in [0.2, 0.25) is 0 Å². The average Bonchev–Trinajstić information content (AvgIpc) is 2.58. The summed E-state index contributed by atoms with van der Waals surface area (Å²) in [7, 11) is 0. The Morgan fingerprint density at radius 3 is 2.53 bits per heavy atom. The van der Waals surface area contributed by atoms with E-state index < -0.39 is 0 Å². The first-order valence-corrected chi connectivity index (χ1v) is 5.89. The summed E-state index contributed by atoms with van der Waals surface area (Å²) in [6, 6.07) is 9.71. The molecule has 1 aromatic rings. The Balaban J connectivity index is 2.21. The van der Waals surface area contributed by atoms with E-state index in [9.17, 15) is 4.79 Å². The van der Waals surface area contributed by atoms with Gasteiger partial charge in [-0.1, -0.05) is 18.2 Å². The highest BCUT2D eigenvalue weighted by molar-refractivity contribution is 5.94. The van der Waals surface area contributed by atoms with Crippen LogP contribution in [0.4, 0.5) is 5.69 Å². The molecule has 0 atom stereocenters. The number of nitrogens with two attached hydrogens (primary N) is 1. The van der Waals surface area contributed by atoms with Gasteiger partial charge in [-0.05, 0) is 26.0 Å². The largest absolute Gasteiger partial charge is 0.324 e. The predicted octanol–water partition coefficient (Wildman–Crippen LogP) is 1.38. The molecule has 17 heavy (non-hydrogen) atoms. The van der Waals surface area contributed by atoms with E-state index in [4.69, 9.17) is 5.73 Å². The van der Waals surface area contributed by atoms with Gasteiger partial charge in [-0.2, -0.15) is 0 Å². The van der Waals surface area contributed by atoms with E-state index in [1.54, 1.807) is 5.01 Å². The molecule has 1 amide bonds. The molecule has 0 saturated carbocycles. The third-order valence-electron chi connectivity index (χ3n) is 2.69. The minimum Gasteiger partial charge on any atom is -0.324 e. The monoisotopic (exact) mass is 233 g/mol. The number of hydrazine groups is 1. The standard InChI is InChI=1S/C13H19N3O/c1-13(2,14)10-15-9-8-12(17)16(15)11-6-4-3-5-7-11/h3-7H,8-10,14H2,1-2H3. The molecule has 0 aliphatic carbocycles. The second-order valence-corrected chi connectivity index (χ2v) is 5.17. The van der Waals surface area contributed by atoms with Crippen molar-refractivity contribution in [3.8, 4) is 0 Å². The molecule has 0 aromatic heterocycles. The molecular weight excluding hydrogens is 214 g/mol. The summed E-state index contributed by atoms with van der Waals surface area (Å²) in [5.74, 6) is 0.139. The van der Waals surface area contributed by atoms with Crippen molar-refractivity contribution in [3.63, 3.8) is 0 Å². The lowest BCUT2D eigenvalue weighted by molar-refractivity contribution is -0.118. The summed E-state index contributed by atoms with van der Waals surface area (Å²) in [5, 5.41) is 3.77. The lowest BCUT2D eigenvalue weighted by Gasteiger charge is -2.33. The Morgan fingerprint density at radius 2 is 1.94 bits per heavy atom. The Labute approximate surface area is 102 Å². The maximum absolute atomic E-state index is 11.9. The molecule has 1 aliphatic rings. The van der Waals surface area contributed by atoms with Crippen molar-refractivity contribution >= 4 is 11.6 Å². The van der Waals surface area contributed by atoms with Gasteiger partial charge in [-0.15, -0.1) is 0 Å². The molecular formula is C13H19N3O. The number of rotatable bonds is 3. The number of nitrogens with zero attached hydrogens (tertiary/aromatic N) is 2. The predicted molar refractivity (Wildman–Crippen MR) is 68.4 cm³/mol. The van der Waals surface area contributed by atoms with Gasteiger partial charge in [-0.3, -0.25) is 4.79 Å². The Hall–Kier alpha value is -1.39. The van der Waals surface area contributed by atoms with Crippen molar-refractivity contribution in [3.05, 3.63) is 30.3 Å². The van der Waals surface area contributed by atoms with Gasteiger partial charge in [0, 0.05) is 25.0 Å². The topological polar surface area (TPSA) is 49.6 Å². The highest BCUT2D eigenvalue weighted by Gasteiger charge is 2.32. The van der Waals surface area contributed by atoms with Crippen LogP contribution in [0.5, 0.6) is 0 Å². The molecule has 0 unspecified atom stereocenters. The zero-order valence-corrected chi connectivity index (χ0v) is 10.4. The maximum atomic E-state index is 11.9. The maximum Gasteiger partial charge on any atom is 0.242 e. The van der Waals surface area contributed by atoms with Crippen molar-refractivity contribution in [2.45, 2.75) is 25.8 Å². The van der Waals surface area contributed by atoms with Crippen molar-refractivity contribution < 1.29 is 4.79 Å². The summed E-state index contributed by atoms with van der Waals surface area (Å²) in [4.78, 5) is 11.9. The van der Waals surface area contributed by atoms with Crippen LogP contribution >= 0.6 is 0 Å². The fourth-order valence-corrected chi connectivity index (χ4v) is 2.08. The fourth-order valence-electron chi connectivity index (χ4n) is 2.08. The van der Waals surface area contributed by atoms with Gasteiger partial charge < -0.3 is 5.73 Å². The molecule has 0 bridgehead atoms. The summed E-state index contributed by atoms with van der Waals surface area (Å²) >= 11 is 0. The van der Waals surface area contributed by atoms with Crippen molar-refractivity contribution in [2.75, 3.05) is 18.1 Å². The fraction of sp³-hybridized carbons (Fsp3) is 0.462. The SMILES string of the molecule is CC(C)(N)CN1CCC(=O)N1c1ccccc1. The molecule has 0 radical (unpaired) electrons. The second kappa shape index (κ2) is 4.47. The minimum absolute atomic E-state index is 0.139. The first-order chi connectivity index (χ1) is 7.97. The molecule has 2 rings (SSSR count). The normalized spacial score (nSPS) is 17.8. The minimum atomic E-state index is -0.308. The Bertz CT molecular complexity index is 397. The van der Waals surface area contributed by atoms with E-state index in [2.05, 4.69) is 0 Å². The zero-order valence-electron chi connectivity index (χ0n) is 10.4. The summed E-state index contributed by atoms with van der Waals surface area (Å²) in [6.45, 7) is 5.36. The lowest BCUT2D eigenvalue weighted by atomic mass is 10.1. The molecule has 1 fully saturated rings. The van der Waals surface area contributed by atoms with Gasteiger partial charge in [0.15, 0.2) is 0 Å². The lowest BCUT2D eigenvalue weighted by Crippen LogP contribution is -2.50. The van der Waals surface area contributed by atoms with Crippen LogP contribution < -0.4 is 10.7 Å². The molecule has 4 nitrogen and oxygen atoms in total. The van der Waals surface area contributed by atoms with Crippen molar-refractivity contribution in [1.29, 1.82) is 0 Å². The zero-order chi connectivity index (χ0) is 12.5. The number of carbonyl (C=O) groups excluding carboxylic acids is 1. The second-order valence-electron chi connectivity index (χ2n) is 5.17. The molecule has 1 aromatic carbocycles. The summed E-state index contributed by atoms with van der Waals surface area (Å²) < 4.78 is 0. The van der Waals surface area contributed by atoms with Crippen molar-refractivity contribution in [2.24, 2.45) is 5.73 Å². The molecule has 92 valence electrons. The van der Waals surface area contributed by atoms with Crippen molar-refractivity contribution in [1.82, 2.24) is 5.01 Å². The molecule has 1 saturated heterocycles. The van der Waals surface area contributed by atoms with Crippen LogP contribution in [0.1, 0.15) is 20.3 Å². The Morgan fingerprint density at radius 1 is 1.29 bits per heavy atom. The first kappa shape index (κ1) is 12.1. The van der Waals surface area contributed by atoms with Gasteiger partial charge in [0.25, 0.3) is 0 Å². The number of carbonyl (C=O) groups is 1. The highest BCUT2D eigenvalue weighted by atomic mass is 16.2. The average molecular weight is 233 g/mol. The first-order valence-electron chi connectivity index (χ1n) is 5.89. The summed E-state index contributed by atoms with van der Waals surface area (Å²) in [6.07, 6.45) is 0.560. The smallest absolute Gasteiger partial charge is 0.242 e. The molecule has 4 heteroatoms. The Kier molecular flexibility index (Phi) is 3.17. The van der Waals surface area contributed by atoms with Crippen LogP contribution in [0.15, 0.2) is 30.3 Å². The van der Waals surface area contributed by atoms with Crippen LogP contribution in [0, 0.1) is 0 Å². The third kappa shape index (κ3) is 2.84. The van der Waals surface area contributed by atoms with E-state index in [0.29, 0.717) is 13.0 Å². The van der Waals surface area contributed by atoms with E-state index in [1.807, 2.05) is 49.2 Å².